The number of rotatable bonds is 4. The van der Waals surface area contributed by atoms with Crippen LogP contribution in [0.4, 0.5) is 5.69 Å². The van der Waals surface area contributed by atoms with Crippen LogP contribution in [0.15, 0.2) is 75.7 Å². The van der Waals surface area contributed by atoms with Crippen molar-refractivity contribution in [1.82, 2.24) is 4.57 Å². The van der Waals surface area contributed by atoms with Gasteiger partial charge in [0.2, 0.25) is 0 Å². The minimum absolute atomic E-state index is 0.0707. The second-order valence-electron chi connectivity index (χ2n) is 7.53. The first-order valence-electron chi connectivity index (χ1n) is 9.72. The fourth-order valence-corrected chi connectivity index (χ4v) is 4.79. The molecule has 1 aliphatic heterocycles. The molecule has 1 aromatic heterocycles. The van der Waals surface area contributed by atoms with Crippen LogP contribution < -0.4 is 19.8 Å². The number of Topliss-reactive ketones (excluding diaryl/α,β-unsaturated/α-hetero) is 1. The summed E-state index contributed by atoms with van der Waals surface area (Å²) in [5.41, 5.74) is 4.05. The fourth-order valence-electron chi connectivity index (χ4n) is 3.74. The van der Waals surface area contributed by atoms with E-state index in [1.54, 1.807) is 4.57 Å². The molecule has 2 heterocycles. The molecule has 0 radical (unpaired) electrons. The Labute approximate surface area is 178 Å². The summed E-state index contributed by atoms with van der Waals surface area (Å²) in [6.07, 6.45) is 1.89. The zero-order valence-electron chi connectivity index (χ0n) is 17.4. The van der Waals surface area contributed by atoms with Crippen LogP contribution in [0, 0.1) is 0 Å². The van der Waals surface area contributed by atoms with Crippen molar-refractivity contribution < 1.29 is 4.79 Å². The molecule has 0 spiro atoms. The Morgan fingerprint density at radius 1 is 1.10 bits per heavy atom. The van der Waals surface area contributed by atoms with Crippen LogP contribution in [0.3, 0.4) is 0 Å². The first-order valence-corrected chi connectivity index (χ1v) is 10.5. The van der Waals surface area contributed by atoms with Crippen LogP contribution in [-0.4, -0.2) is 24.4 Å². The third-order valence-electron chi connectivity index (χ3n) is 5.22. The smallest absolute Gasteiger partial charge is 0.271 e. The lowest BCUT2D eigenvalue weighted by Crippen LogP contribution is -2.39. The molecule has 0 unspecified atom stereocenters. The summed E-state index contributed by atoms with van der Waals surface area (Å²) in [6.45, 7) is 3.37. The van der Waals surface area contributed by atoms with Gasteiger partial charge in [-0.15, -0.1) is 0 Å². The summed E-state index contributed by atoms with van der Waals surface area (Å²) < 4.78 is 2.26. The van der Waals surface area contributed by atoms with E-state index in [9.17, 15) is 9.59 Å². The minimum Gasteiger partial charge on any atom is -0.378 e. The van der Waals surface area contributed by atoms with Crippen molar-refractivity contribution >= 4 is 28.9 Å². The molecule has 152 valence electrons. The van der Waals surface area contributed by atoms with Gasteiger partial charge in [-0.25, -0.2) is 4.99 Å². The molecule has 3 aromatic rings. The van der Waals surface area contributed by atoms with E-state index in [4.69, 9.17) is 0 Å². The van der Waals surface area contributed by atoms with Gasteiger partial charge in [0.25, 0.3) is 5.56 Å². The van der Waals surface area contributed by atoms with Gasteiger partial charge in [-0.1, -0.05) is 53.8 Å². The van der Waals surface area contributed by atoms with Crippen molar-refractivity contribution in [2.24, 2.45) is 4.99 Å². The minimum atomic E-state index is -0.460. The summed E-state index contributed by atoms with van der Waals surface area (Å²) in [5, 5.41) is 0. The summed E-state index contributed by atoms with van der Waals surface area (Å²) >= 11 is 1.36. The van der Waals surface area contributed by atoms with Crippen LogP contribution in [0.1, 0.15) is 31.0 Å². The van der Waals surface area contributed by atoms with Crippen LogP contribution >= 0.6 is 11.3 Å². The van der Waals surface area contributed by atoms with Crippen molar-refractivity contribution in [3.05, 3.63) is 96.7 Å². The topological polar surface area (TPSA) is 54.7 Å². The molecule has 0 saturated heterocycles. The van der Waals surface area contributed by atoms with E-state index < -0.39 is 6.04 Å². The molecule has 1 atom stereocenters. The number of fused-ring (bicyclic) bond motifs is 1. The first kappa shape index (κ1) is 20.0. The van der Waals surface area contributed by atoms with Crippen LogP contribution in [-0.2, 0) is 4.79 Å². The van der Waals surface area contributed by atoms with Crippen LogP contribution in [0.25, 0.3) is 6.08 Å². The molecule has 0 saturated carbocycles. The Morgan fingerprint density at radius 2 is 1.77 bits per heavy atom. The highest BCUT2D eigenvalue weighted by atomic mass is 32.1. The summed E-state index contributed by atoms with van der Waals surface area (Å²) in [4.78, 5) is 33.1. The normalized spacial score (nSPS) is 16.3. The average molecular weight is 418 g/mol. The van der Waals surface area contributed by atoms with Gasteiger partial charge < -0.3 is 4.90 Å². The second-order valence-corrected chi connectivity index (χ2v) is 8.54. The van der Waals surface area contributed by atoms with Crippen LogP contribution in [0.2, 0.25) is 0 Å². The number of thiazole rings is 1. The van der Waals surface area contributed by atoms with E-state index in [0.717, 1.165) is 16.8 Å². The van der Waals surface area contributed by atoms with E-state index in [-0.39, 0.29) is 11.3 Å². The van der Waals surface area contributed by atoms with E-state index in [0.29, 0.717) is 20.6 Å². The Kier molecular flexibility index (Phi) is 5.26. The number of anilines is 1. The van der Waals surface area contributed by atoms with Crippen LogP contribution in [0.5, 0.6) is 0 Å². The number of hydrogen-bond acceptors (Lipinski definition) is 5. The Balaban J connectivity index is 1.91. The zero-order chi connectivity index (χ0) is 21.4. The Hall–Kier alpha value is -3.25. The molecule has 0 aliphatic carbocycles. The number of ketones is 1. The average Bonchev–Trinajstić information content (AvgIpc) is 3.02. The molecular formula is C24H23N3O2S. The van der Waals surface area contributed by atoms with Crippen molar-refractivity contribution in [2.45, 2.75) is 19.9 Å². The third-order valence-corrected chi connectivity index (χ3v) is 6.21. The molecule has 30 heavy (non-hydrogen) atoms. The molecule has 0 amide bonds. The van der Waals surface area contributed by atoms with E-state index >= 15 is 0 Å². The van der Waals surface area contributed by atoms with Gasteiger partial charge in [-0.3, -0.25) is 14.2 Å². The Morgan fingerprint density at radius 3 is 2.37 bits per heavy atom. The highest BCUT2D eigenvalue weighted by Gasteiger charge is 2.30. The number of carbonyl (C=O) groups is 1. The molecule has 0 fully saturated rings. The van der Waals surface area contributed by atoms with Gasteiger partial charge in [0.1, 0.15) is 0 Å². The molecule has 1 aliphatic rings. The molecule has 2 aromatic carbocycles. The lowest BCUT2D eigenvalue weighted by atomic mass is 9.93. The third kappa shape index (κ3) is 3.55. The highest BCUT2D eigenvalue weighted by Crippen LogP contribution is 2.29. The standard InChI is InChI=1S/C24H23N3O2S/c1-15-21(16(2)28)22(18-8-6-5-7-9-18)27-23(29)20(30-24(27)25-15)14-17-10-12-19(13-11-17)26(3)4/h5-14,22H,1-4H3/b20-14+/t22-/m0/s1. The lowest BCUT2D eigenvalue weighted by Gasteiger charge is -2.24. The van der Waals surface area contributed by atoms with E-state index in [2.05, 4.69) is 4.99 Å². The monoisotopic (exact) mass is 417 g/mol. The van der Waals surface area contributed by atoms with Crippen molar-refractivity contribution in [1.29, 1.82) is 0 Å². The number of nitrogens with zero attached hydrogens (tertiary/aromatic N) is 3. The van der Waals surface area contributed by atoms with Gasteiger partial charge in [0.15, 0.2) is 10.6 Å². The summed E-state index contributed by atoms with van der Waals surface area (Å²) in [7, 11) is 3.98. The predicted octanol–water partition coefficient (Wildman–Crippen LogP) is 2.89. The van der Waals surface area contributed by atoms with Gasteiger partial charge in [-0.2, -0.15) is 0 Å². The molecular weight excluding hydrogens is 394 g/mol. The van der Waals surface area contributed by atoms with Gasteiger partial charge in [-0.05, 0) is 43.2 Å². The lowest BCUT2D eigenvalue weighted by molar-refractivity contribution is -0.114. The van der Waals surface area contributed by atoms with Crippen molar-refractivity contribution in [2.75, 3.05) is 19.0 Å². The maximum Gasteiger partial charge on any atom is 0.271 e. The molecule has 0 N–H and O–H groups in total. The largest absolute Gasteiger partial charge is 0.378 e. The molecule has 0 bridgehead atoms. The van der Waals surface area contributed by atoms with Gasteiger partial charge >= 0.3 is 0 Å². The number of benzene rings is 2. The summed E-state index contributed by atoms with van der Waals surface area (Å²) in [5.74, 6) is -0.0707. The second kappa shape index (κ2) is 7.88. The molecule has 6 heteroatoms. The number of allylic oxidation sites excluding steroid dienone is 2. The first-order chi connectivity index (χ1) is 14.4. The Bertz CT molecular complexity index is 1310. The zero-order valence-corrected chi connectivity index (χ0v) is 18.2. The predicted molar refractivity (Wildman–Crippen MR) is 122 cm³/mol. The SMILES string of the molecule is CC(=O)C1=C(C)N=c2s/c(=C/c3ccc(N(C)C)cc3)c(=O)n2[C@H]1c1ccccc1. The quantitative estimate of drug-likeness (QED) is 0.656. The summed E-state index contributed by atoms with van der Waals surface area (Å²) in [6, 6.07) is 17.2. The number of aromatic nitrogens is 1. The molecule has 5 nitrogen and oxygen atoms in total. The van der Waals surface area contributed by atoms with Gasteiger partial charge in [0.05, 0.1) is 10.6 Å². The fraction of sp³-hybridized carbons (Fsp3) is 0.208. The van der Waals surface area contributed by atoms with E-state index in [1.165, 1.54) is 18.3 Å². The van der Waals surface area contributed by atoms with Crippen molar-refractivity contribution in [3.63, 3.8) is 0 Å². The number of carbonyl (C=O) groups excluding carboxylic acids is 1. The maximum atomic E-state index is 13.4. The number of hydrogen-bond donors (Lipinski definition) is 0. The highest BCUT2D eigenvalue weighted by molar-refractivity contribution is 7.07. The van der Waals surface area contributed by atoms with Gasteiger partial charge in [0, 0.05) is 31.1 Å². The van der Waals surface area contributed by atoms with Crippen molar-refractivity contribution in [3.8, 4) is 0 Å². The maximum absolute atomic E-state index is 13.4. The van der Waals surface area contributed by atoms with E-state index in [1.807, 2.05) is 86.6 Å². The molecule has 4 rings (SSSR count).